The van der Waals surface area contributed by atoms with Gasteiger partial charge in [0.15, 0.2) is 16.7 Å². The van der Waals surface area contributed by atoms with E-state index in [4.69, 9.17) is 9.47 Å². The number of amides is 1. The average molecular weight is 409 g/mol. The number of rotatable bonds is 4. The molecule has 9 heteroatoms. The normalized spacial score (nSPS) is 17.9. The lowest BCUT2D eigenvalue weighted by Gasteiger charge is -2.03. The Bertz CT molecular complexity index is 1060. The summed E-state index contributed by atoms with van der Waals surface area (Å²) in [5.41, 5.74) is 2.90. The van der Waals surface area contributed by atoms with Gasteiger partial charge in [-0.15, -0.1) is 5.10 Å². The molecule has 29 heavy (non-hydrogen) atoms. The van der Waals surface area contributed by atoms with Gasteiger partial charge >= 0.3 is 5.97 Å². The van der Waals surface area contributed by atoms with Crippen molar-refractivity contribution in [3.63, 3.8) is 0 Å². The fourth-order valence-corrected chi connectivity index (χ4v) is 3.37. The predicted molar refractivity (Wildman–Crippen MR) is 109 cm³/mol. The van der Waals surface area contributed by atoms with E-state index in [0.29, 0.717) is 5.17 Å². The maximum absolute atomic E-state index is 11.8. The lowest BCUT2D eigenvalue weighted by atomic mass is 10.0. The molecule has 0 unspecified atom stereocenters. The lowest BCUT2D eigenvalue weighted by molar-refractivity contribution is -0.135. The Morgan fingerprint density at radius 1 is 1.14 bits per heavy atom. The zero-order valence-corrected chi connectivity index (χ0v) is 16.1. The molecule has 1 N–H and O–H groups in total. The molecule has 2 aliphatic heterocycles. The second kappa shape index (κ2) is 8.19. The molecule has 2 aliphatic rings. The van der Waals surface area contributed by atoms with Crippen molar-refractivity contribution in [2.24, 2.45) is 10.2 Å². The first-order valence-electron chi connectivity index (χ1n) is 8.52. The number of ether oxygens (including phenoxy) is 3. The van der Waals surface area contributed by atoms with Gasteiger partial charge in [-0.1, -0.05) is 30.3 Å². The average Bonchev–Trinajstić information content (AvgIpc) is 3.34. The third-order valence-electron chi connectivity index (χ3n) is 4.07. The van der Waals surface area contributed by atoms with Crippen LogP contribution in [0, 0.1) is 0 Å². The third-order valence-corrected chi connectivity index (χ3v) is 4.97. The van der Waals surface area contributed by atoms with E-state index in [0.717, 1.165) is 46.0 Å². The molecule has 2 aromatic carbocycles. The number of hydrogen-bond donors (Lipinski definition) is 1. The summed E-state index contributed by atoms with van der Waals surface area (Å²) in [5.74, 6) is 0.469. The van der Waals surface area contributed by atoms with Crippen molar-refractivity contribution >= 4 is 35.0 Å². The standard InChI is InChI=1S/C20H15N3O5S/c1-26-18(24)9-17-19(25)22-20(29-17)23-21-10-12-2-4-13(5-3-12)14-6-7-15-16(8-14)28-11-27-15/h2-10H,11H2,1H3,(H,22,23,25)/b17-9+,21-10?. The predicted octanol–water partition coefficient (Wildman–Crippen LogP) is 2.69. The molecule has 4 rings (SSSR count). The number of thioether (sulfide) groups is 1. The number of fused-ring (bicyclic) bond motifs is 1. The van der Waals surface area contributed by atoms with Crippen LogP contribution in [0.1, 0.15) is 5.56 Å². The summed E-state index contributed by atoms with van der Waals surface area (Å²) >= 11 is 1.02. The smallest absolute Gasteiger partial charge is 0.331 e. The number of esters is 1. The quantitative estimate of drug-likeness (QED) is 0.361. The van der Waals surface area contributed by atoms with Crippen LogP contribution in [0.2, 0.25) is 0 Å². The number of amidine groups is 1. The molecule has 2 heterocycles. The fourth-order valence-electron chi connectivity index (χ4n) is 2.63. The largest absolute Gasteiger partial charge is 0.466 e. The molecular formula is C20H15N3O5S. The Kier molecular flexibility index (Phi) is 5.30. The van der Waals surface area contributed by atoms with Crippen molar-refractivity contribution in [1.82, 2.24) is 5.32 Å². The van der Waals surface area contributed by atoms with Crippen molar-refractivity contribution in [2.45, 2.75) is 0 Å². The zero-order chi connectivity index (χ0) is 20.2. The molecule has 0 atom stereocenters. The summed E-state index contributed by atoms with van der Waals surface area (Å²) in [6, 6.07) is 13.6. The van der Waals surface area contributed by atoms with E-state index in [1.165, 1.54) is 7.11 Å². The summed E-state index contributed by atoms with van der Waals surface area (Å²) in [4.78, 5) is 23.2. The van der Waals surface area contributed by atoms with Crippen molar-refractivity contribution in [2.75, 3.05) is 13.9 Å². The van der Waals surface area contributed by atoms with E-state index in [2.05, 4.69) is 20.3 Å². The minimum atomic E-state index is -0.602. The van der Waals surface area contributed by atoms with Crippen LogP contribution >= 0.6 is 11.8 Å². The van der Waals surface area contributed by atoms with Gasteiger partial charge in [-0.3, -0.25) is 10.1 Å². The Morgan fingerprint density at radius 3 is 2.69 bits per heavy atom. The number of nitrogens with zero attached hydrogens (tertiary/aromatic N) is 2. The van der Waals surface area contributed by atoms with Gasteiger partial charge in [0, 0.05) is 6.08 Å². The number of hydrogen-bond acceptors (Lipinski definition) is 8. The third kappa shape index (κ3) is 4.30. The molecule has 0 radical (unpaired) electrons. The van der Waals surface area contributed by atoms with Crippen LogP contribution in [-0.2, 0) is 14.3 Å². The lowest BCUT2D eigenvalue weighted by Crippen LogP contribution is -2.19. The van der Waals surface area contributed by atoms with Crippen LogP contribution in [0.5, 0.6) is 11.5 Å². The van der Waals surface area contributed by atoms with E-state index < -0.39 is 11.9 Å². The highest BCUT2D eigenvalue weighted by atomic mass is 32.2. The van der Waals surface area contributed by atoms with Gasteiger partial charge in [0.1, 0.15) is 0 Å². The van der Waals surface area contributed by atoms with Crippen LogP contribution in [-0.4, -0.2) is 37.2 Å². The topological polar surface area (TPSA) is 98.6 Å². The van der Waals surface area contributed by atoms with Crippen molar-refractivity contribution in [1.29, 1.82) is 0 Å². The summed E-state index contributed by atoms with van der Waals surface area (Å²) in [6.07, 6.45) is 2.69. The van der Waals surface area contributed by atoms with E-state index in [-0.39, 0.29) is 11.7 Å². The number of carbonyl (C=O) groups excluding carboxylic acids is 2. The minimum absolute atomic E-state index is 0.207. The molecule has 1 amide bonds. The van der Waals surface area contributed by atoms with E-state index in [9.17, 15) is 9.59 Å². The number of nitrogens with one attached hydrogen (secondary N) is 1. The van der Waals surface area contributed by atoms with Crippen LogP contribution in [0.15, 0.2) is 63.6 Å². The highest BCUT2D eigenvalue weighted by Gasteiger charge is 2.25. The Hall–Kier alpha value is -3.59. The van der Waals surface area contributed by atoms with Gasteiger partial charge in [-0.2, -0.15) is 5.10 Å². The van der Waals surface area contributed by atoms with Gasteiger partial charge in [0.05, 0.1) is 18.2 Å². The monoisotopic (exact) mass is 409 g/mol. The summed E-state index contributed by atoms with van der Waals surface area (Å²) in [6.45, 7) is 0.245. The maximum atomic E-state index is 11.8. The van der Waals surface area contributed by atoms with Crippen LogP contribution in [0.4, 0.5) is 0 Å². The summed E-state index contributed by atoms with van der Waals surface area (Å²) < 4.78 is 15.2. The SMILES string of the molecule is COC(=O)/C=C1/S/C(=N\N=Cc2ccc(-c3ccc4c(c3)OCO4)cc2)NC1=O. The number of benzene rings is 2. The van der Waals surface area contributed by atoms with E-state index >= 15 is 0 Å². The molecule has 146 valence electrons. The highest BCUT2D eigenvalue weighted by Crippen LogP contribution is 2.35. The fraction of sp³-hybridized carbons (Fsp3) is 0.100. The van der Waals surface area contributed by atoms with Gasteiger partial charge in [0.2, 0.25) is 6.79 Å². The first kappa shape index (κ1) is 18.8. The molecule has 0 saturated carbocycles. The maximum Gasteiger partial charge on any atom is 0.331 e. The van der Waals surface area contributed by atoms with Gasteiger partial charge in [-0.05, 0) is 40.6 Å². The highest BCUT2D eigenvalue weighted by molar-refractivity contribution is 8.18. The zero-order valence-electron chi connectivity index (χ0n) is 15.2. The second-order valence-corrected chi connectivity index (χ2v) is 6.96. The van der Waals surface area contributed by atoms with Crippen LogP contribution in [0.25, 0.3) is 11.1 Å². The van der Waals surface area contributed by atoms with Gasteiger partial charge in [0.25, 0.3) is 5.91 Å². The molecule has 0 bridgehead atoms. The molecule has 1 saturated heterocycles. The second-order valence-electron chi connectivity index (χ2n) is 5.93. The van der Waals surface area contributed by atoms with Gasteiger partial charge < -0.3 is 14.2 Å². The minimum Gasteiger partial charge on any atom is -0.466 e. The molecule has 8 nitrogen and oxygen atoms in total. The van der Waals surface area contributed by atoms with Gasteiger partial charge in [-0.25, -0.2) is 4.79 Å². The summed E-state index contributed by atoms with van der Waals surface area (Å²) in [5, 5.41) is 10.8. The first-order valence-corrected chi connectivity index (χ1v) is 9.34. The van der Waals surface area contributed by atoms with Crippen molar-refractivity contribution in [3.8, 4) is 22.6 Å². The van der Waals surface area contributed by atoms with Crippen LogP contribution in [0.3, 0.4) is 0 Å². The first-order chi connectivity index (χ1) is 14.1. The summed E-state index contributed by atoms with van der Waals surface area (Å²) in [7, 11) is 1.24. The van der Waals surface area contributed by atoms with Crippen LogP contribution < -0.4 is 14.8 Å². The molecule has 0 aromatic heterocycles. The van der Waals surface area contributed by atoms with E-state index in [1.807, 2.05) is 42.5 Å². The van der Waals surface area contributed by atoms with Crippen molar-refractivity contribution in [3.05, 3.63) is 59.0 Å². The Labute approximate surface area is 170 Å². The van der Waals surface area contributed by atoms with E-state index in [1.54, 1.807) is 6.21 Å². The molecule has 0 spiro atoms. The number of methoxy groups -OCH3 is 1. The molecule has 1 fully saturated rings. The number of carbonyl (C=O) groups is 2. The molecular weight excluding hydrogens is 394 g/mol. The van der Waals surface area contributed by atoms with Crippen molar-refractivity contribution < 1.29 is 23.8 Å². The Morgan fingerprint density at radius 2 is 1.90 bits per heavy atom. The molecule has 0 aliphatic carbocycles. The molecule has 2 aromatic rings. The Balaban J connectivity index is 1.42.